The molecule has 3 atom stereocenters. The molecule has 0 aliphatic carbocycles. The molecule has 0 saturated carbocycles. The molecule has 5 heterocycles. The first-order valence-corrected chi connectivity index (χ1v) is 14.1. The summed E-state index contributed by atoms with van der Waals surface area (Å²) in [5, 5.41) is 33.6. The minimum absolute atomic E-state index is 0.0935. The fourth-order valence-corrected chi connectivity index (χ4v) is 6.74. The molecule has 1 fully saturated rings. The number of carboxylic acids is 2. The number of nitrogens with zero attached hydrogens (tertiary/aromatic N) is 4. The number of aliphatic hydroxyl groups excluding tert-OH is 1. The van der Waals surface area contributed by atoms with Crippen LogP contribution in [0.25, 0.3) is 5.82 Å². The number of piperidine rings is 1. The lowest BCUT2D eigenvalue weighted by Gasteiger charge is -2.47. The quantitative estimate of drug-likeness (QED) is 0.297. The van der Waals surface area contributed by atoms with Crippen molar-refractivity contribution < 1.29 is 52.3 Å². The van der Waals surface area contributed by atoms with Crippen molar-refractivity contribution in [2.45, 2.75) is 49.4 Å². The Kier molecular flexibility index (Phi) is 8.82. The van der Waals surface area contributed by atoms with Gasteiger partial charge in [0.2, 0.25) is 0 Å². The topological polar surface area (TPSA) is 156 Å². The molecule has 5 rings (SSSR count). The molecule has 17 heteroatoms. The Morgan fingerprint density at radius 3 is 2.60 bits per heavy atom. The number of hydrogen-bond donors (Lipinski definition) is 3. The molecule has 0 bridgehead atoms. The number of methoxy groups -OCH3 is 1. The lowest BCUT2D eigenvalue weighted by Crippen LogP contribution is -2.51. The molecular weight excluding hydrogens is 621 g/mol. The maximum absolute atomic E-state index is 14.6. The van der Waals surface area contributed by atoms with Gasteiger partial charge in [-0.3, -0.25) is 4.90 Å². The van der Waals surface area contributed by atoms with E-state index in [2.05, 4.69) is 10.1 Å². The smallest absolute Gasteiger partial charge is 0.336 e. The van der Waals surface area contributed by atoms with Crippen molar-refractivity contribution in [3.05, 3.63) is 62.4 Å². The summed E-state index contributed by atoms with van der Waals surface area (Å²) in [5.41, 5.74) is -0.930. The lowest BCUT2D eigenvalue weighted by molar-refractivity contribution is -0.206. The molecule has 0 aromatic carbocycles. The number of carbonyl (C=O) groups is 2. The number of rotatable bonds is 10. The molecule has 1 spiro atoms. The Morgan fingerprint density at radius 2 is 1.98 bits per heavy atom. The first-order valence-electron chi connectivity index (χ1n) is 12.9. The number of alkyl halides is 2. The fourth-order valence-electron chi connectivity index (χ4n) is 5.26. The number of pyridine rings is 1. The van der Waals surface area contributed by atoms with E-state index in [1.807, 2.05) is 0 Å². The van der Waals surface area contributed by atoms with Gasteiger partial charge >= 0.3 is 11.9 Å². The highest BCUT2D eigenvalue weighted by atomic mass is 35.5. The van der Waals surface area contributed by atoms with Crippen molar-refractivity contribution in [1.29, 1.82) is 0 Å². The van der Waals surface area contributed by atoms with E-state index >= 15 is 0 Å². The van der Waals surface area contributed by atoms with E-state index in [4.69, 9.17) is 25.8 Å². The number of ether oxygens (including phenoxy) is 3. The second-order valence-electron chi connectivity index (χ2n) is 10.1. The summed E-state index contributed by atoms with van der Waals surface area (Å²) in [6.07, 6.45) is -3.01. The third kappa shape index (κ3) is 6.00. The van der Waals surface area contributed by atoms with Crippen LogP contribution in [0.15, 0.2) is 30.6 Å². The van der Waals surface area contributed by atoms with Crippen LogP contribution in [0, 0.1) is 5.82 Å². The van der Waals surface area contributed by atoms with Gasteiger partial charge in [0.1, 0.15) is 18.4 Å². The van der Waals surface area contributed by atoms with Crippen molar-refractivity contribution in [1.82, 2.24) is 19.7 Å². The highest BCUT2D eigenvalue weighted by Gasteiger charge is 2.52. The Morgan fingerprint density at radius 1 is 1.26 bits per heavy atom. The first kappa shape index (κ1) is 31.3. The van der Waals surface area contributed by atoms with E-state index in [9.17, 15) is 38.1 Å². The molecule has 0 amide bonds. The molecule has 12 nitrogen and oxygen atoms in total. The molecule has 3 aromatic rings. The van der Waals surface area contributed by atoms with Gasteiger partial charge in [0, 0.05) is 48.6 Å². The fraction of sp³-hybridized carbons (Fsp3) is 0.462. The maximum Gasteiger partial charge on any atom is 0.336 e. The van der Waals surface area contributed by atoms with Crippen LogP contribution in [-0.2, 0) is 41.9 Å². The predicted octanol–water partition coefficient (Wildman–Crippen LogP) is 3.29. The number of aliphatic hydroxyl groups is 1. The SMILES string of the molecule is COCc1nn(-c2ncccc2F)cc1C(O[C@@H](C(=O)O)[C@@H](O)C(=O)O)N1CCC2(CC1)OCC(F)(F)c1cc(Cl)sc12. The zero-order valence-electron chi connectivity index (χ0n) is 22.5. The third-order valence-corrected chi connectivity index (χ3v) is 8.81. The van der Waals surface area contributed by atoms with Crippen molar-refractivity contribution >= 4 is 34.9 Å². The number of hydrogen-bond acceptors (Lipinski definition) is 10. The lowest BCUT2D eigenvalue weighted by atomic mass is 9.84. The van der Waals surface area contributed by atoms with Crippen molar-refractivity contribution in [2.24, 2.45) is 0 Å². The van der Waals surface area contributed by atoms with Crippen LogP contribution in [0.2, 0.25) is 4.34 Å². The average molecular weight is 647 g/mol. The monoisotopic (exact) mass is 646 g/mol. The number of thiophene rings is 1. The zero-order chi connectivity index (χ0) is 31.1. The molecule has 43 heavy (non-hydrogen) atoms. The first-order chi connectivity index (χ1) is 20.4. The molecule has 2 aliphatic heterocycles. The minimum Gasteiger partial charge on any atom is -0.479 e. The highest BCUT2D eigenvalue weighted by Crippen LogP contribution is 2.53. The molecule has 3 aromatic heterocycles. The molecule has 1 saturated heterocycles. The second-order valence-corrected chi connectivity index (χ2v) is 11.7. The van der Waals surface area contributed by atoms with Crippen molar-refractivity contribution in [3.8, 4) is 5.82 Å². The van der Waals surface area contributed by atoms with Gasteiger partial charge in [-0.15, -0.1) is 11.3 Å². The van der Waals surface area contributed by atoms with E-state index in [-0.39, 0.29) is 59.5 Å². The zero-order valence-corrected chi connectivity index (χ0v) is 24.0. The normalized spacial score (nSPS) is 20.0. The number of fused-ring (bicyclic) bond motifs is 2. The standard InChI is InChI=1S/C26H26ClF3N4O8S/c1-40-11-16-13(10-34(32-16)21-15(28)3-2-6-31-21)22(42-19(24(38)39)18(35)23(36)37)33-7-4-25(5-8-33)20-14(9-17(27)43-20)26(29,30)12-41-25/h2-3,6,9-10,18-19,22,35H,4-5,7-8,11-12H2,1H3,(H,36,37)(H,38,39)/t18-,19-,22?/m1/s1. The van der Waals surface area contributed by atoms with Gasteiger partial charge in [-0.05, 0) is 31.0 Å². The van der Waals surface area contributed by atoms with E-state index in [1.165, 1.54) is 37.7 Å². The largest absolute Gasteiger partial charge is 0.479 e. The Balaban J connectivity index is 1.53. The highest BCUT2D eigenvalue weighted by molar-refractivity contribution is 7.16. The summed E-state index contributed by atoms with van der Waals surface area (Å²) in [6.45, 7) is -0.797. The van der Waals surface area contributed by atoms with Crippen molar-refractivity contribution in [3.63, 3.8) is 0 Å². The Hall–Kier alpha value is -3.12. The number of carboxylic acid groups (broad SMARTS) is 2. The number of likely N-dealkylation sites (tertiary alicyclic amines) is 1. The summed E-state index contributed by atoms with van der Waals surface area (Å²) >= 11 is 7.11. The minimum atomic E-state index is -3.22. The molecule has 3 N–H and O–H groups in total. The van der Waals surface area contributed by atoms with E-state index in [1.54, 1.807) is 4.90 Å². The summed E-state index contributed by atoms with van der Waals surface area (Å²) in [4.78, 5) is 29.5. The van der Waals surface area contributed by atoms with Crippen LogP contribution >= 0.6 is 22.9 Å². The van der Waals surface area contributed by atoms with Gasteiger partial charge in [0.25, 0.3) is 5.92 Å². The molecule has 232 valence electrons. The number of aromatic nitrogens is 3. The number of aliphatic carboxylic acids is 2. The second kappa shape index (κ2) is 12.1. The summed E-state index contributed by atoms with van der Waals surface area (Å²) in [5.74, 6) is -7.69. The van der Waals surface area contributed by atoms with Crippen LogP contribution < -0.4 is 0 Å². The van der Waals surface area contributed by atoms with Gasteiger partial charge in [-0.25, -0.2) is 23.6 Å². The Bertz CT molecular complexity index is 1510. The summed E-state index contributed by atoms with van der Waals surface area (Å²) < 4.78 is 62.0. The molecule has 1 unspecified atom stereocenters. The molecular formula is C26H26ClF3N4O8S. The van der Waals surface area contributed by atoms with Gasteiger partial charge < -0.3 is 29.5 Å². The summed E-state index contributed by atoms with van der Waals surface area (Å²) in [7, 11) is 1.37. The average Bonchev–Trinajstić information content (AvgIpc) is 3.57. The van der Waals surface area contributed by atoms with E-state index < -0.39 is 54.3 Å². The summed E-state index contributed by atoms with van der Waals surface area (Å²) in [6, 6.07) is 3.78. The maximum atomic E-state index is 14.6. The number of halogens is 4. The van der Waals surface area contributed by atoms with Crippen molar-refractivity contribution in [2.75, 3.05) is 26.8 Å². The Labute approximate surface area is 251 Å². The van der Waals surface area contributed by atoms with E-state index in [0.717, 1.165) is 16.0 Å². The van der Waals surface area contributed by atoms with Gasteiger partial charge in [0.15, 0.2) is 23.8 Å². The predicted molar refractivity (Wildman–Crippen MR) is 143 cm³/mol. The van der Waals surface area contributed by atoms with Crippen LogP contribution in [0.5, 0.6) is 0 Å². The van der Waals surface area contributed by atoms with Gasteiger partial charge in [0.05, 0.1) is 16.6 Å². The van der Waals surface area contributed by atoms with Crippen LogP contribution in [-0.4, -0.2) is 85.9 Å². The van der Waals surface area contributed by atoms with Crippen LogP contribution in [0.4, 0.5) is 13.2 Å². The van der Waals surface area contributed by atoms with Crippen LogP contribution in [0.1, 0.15) is 40.8 Å². The van der Waals surface area contributed by atoms with Gasteiger partial charge in [-0.2, -0.15) is 13.9 Å². The van der Waals surface area contributed by atoms with E-state index in [0.29, 0.717) is 4.88 Å². The van der Waals surface area contributed by atoms with Crippen LogP contribution in [0.3, 0.4) is 0 Å². The van der Waals surface area contributed by atoms with Gasteiger partial charge in [-0.1, -0.05) is 11.6 Å². The molecule has 2 aliphatic rings. The third-order valence-electron chi connectivity index (χ3n) is 7.36. The molecule has 0 radical (unpaired) electrons.